The molecule has 0 unspecified atom stereocenters. The van der Waals surface area contributed by atoms with Crippen molar-refractivity contribution in [1.29, 1.82) is 0 Å². The fourth-order valence-electron chi connectivity index (χ4n) is 2.17. The van der Waals surface area contributed by atoms with Gasteiger partial charge in [0.15, 0.2) is 0 Å². The molecule has 0 saturated carbocycles. The lowest BCUT2D eigenvalue weighted by molar-refractivity contribution is -0.140. The molecule has 128 valence electrons. The molecule has 0 aliphatic carbocycles. The molecule has 1 saturated heterocycles. The molecule has 0 spiro atoms. The summed E-state index contributed by atoms with van der Waals surface area (Å²) < 4.78 is 15.6. The molecule has 1 aliphatic rings. The van der Waals surface area contributed by atoms with Gasteiger partial charge in [-0.3, -0.25) is 9.59 Å². The van der Waals surface area contributed by atoms with Gasteiger partial charge < -0.3 is 24.6 Å². The Morgan fingerprint density at radius 1 is 1.17 bits per heavy atom. The number of methoxy groups -OCH3 is 3. The van der Waals surface area contributed by atoms with Crippen molar-refractivity contribution < 1.29 is 33.7 Å². The number of carbonyl (C=O) groups excluding carboxylic acids is 2. The van der Waals surface area contributed by atoms with Crippen LogP contribution in [0.25, 0.3) is 6.08 Å². The quantitative estimate of drug-likeness (QED) is 0.580. The number of carboxylic acids is 1. The van der Waals surface area contributed by atoms with E-state index in [0.717, 1.165) is 0 Å². The maximum absolute atomic E-state index is 12.2. The van der Waals surface area contributed by atoms with Gasteiger partial charge in [0.2, 0.25) is 0 Å². The summed E-state index contributed by atoms with van der Waals surface area (Å²) >= 11 is 0. The third kappa shape index (κ3) is 3.24. The fraction of sp³-hybridized carbons (Fsp3) is 0.267. The van der Waals surface area contributed by atoms with Gasteiger partial charge in [0.1, 0.15) is 29.5 Å². The van der Waals surface area contributed by atoms with Gasteiger partial charge in [-0.1, -0.05) is 0 Å². The van der Waals surface area contributed by atoms with Crippen molar-refractivity contribution in [3.8, 4) is 17.2 Å². The number of nitrogens with zero attached hydrogens (tertiary/aromatic N) is 1. The van der Waals surface area contributed by atoms with Crippen LogP contribution >= 0.6 is 0 Å². The fourth-order valence-corrected chi connectivity index (χ4v) is 2.17. The Morgan fingerprint density at radius 2 is 1.75 bits per heavy atom. The molecule has 9 nitrogen and oxygen atoms in total. The van der Waals surface area contributed by atoms with Crippen LogP contribution in [-0.4, -0.2) is 55.8 Å². The molecule has 1 aliphatic heterocycles. The van der Waals surface area contributed by atoms with Crippen molar-refractivity contribution in [2.45, 2.75) is 0 Å². The first-order chi connectivity index (χ1) is 11.4. The standard InChI is InChI=1S/C15H16N2O7/c1-22-8-4-11(23-2)9(12(5-8)24-3)6-10-14(20)17(7-13(18)19)15(21)16-10/h4-6H,7H2,1-3H3,(H,16,21)(H,18,19)/b10-6+. The molecule has 0 radical (unpaired) electrons. The van der Waals surface area contributed by atoms with Gasteiger partial charge in [0.25, 0.3) is 5.91 Å². The van der Waals surface area contributed by atoms with Crippen molar-refractivity contribution in [2.24, 2.45) is 0 Å². The topological polar surface area (TPSA) is 114 Å². The average Bonchev–Trinajstić information content (AvgIpc) is 2.82. The van der Waals surface area contributed by atoms with Crippen LogP contribution in [0.15, 0.2) is 17.8 Å². The van der Waals surface area contributed by atoms with Gasteiger partial charge in [-0.25, -0.2) is 9.69 Å². The summed E-state index contributed by atoms with van der Waals surface area (Å²) in [6.45, 7) is -0.723. The number of carbonyl (C=O) groups is 3. The first-order valence-corrected chi connectivity index (χ1v) is 6.77. The highest BCUT2D eigenvalue weighted by Gasteiger charge is 2.35. The third-order valence-electron chi connectivity index (χ3n) is 3.30. The van der Waals surface area contributed by atoms with Gasteiger partial charge in [-0.15, -0.1) is 0 Å². The number of ether oxygens (including phenoxy) is 3. The number of amides is 3. The molecule has 0 aromatic heterocycles. The Morgan fingerprint density at radius 3 is 2.21 bits per heavy atom. The number of imide groups is 1. The SMILES string of the molecule is COc1cc(OC)c(/C=C2/NC(=O)N(CC(=O)O)C2=O)c(OC)c1. The van der Waals surface area contributed by atoms with Crippen molar-refractivity contribution in [3.63, 3.8) is 0 Å². The first kappa shape index (κ1) is 17.1. The number of hydrogen-bond donors (Lipinski definition) is 2. The second-order valence-electron chi connectivity index (χ2n) is 4.72. The van der Waals surface area contributed by atoms with Gasteiger partial charge in [0, 0.05) is 12.1 Å². The molecule has 1 fully saturated rings. The molecular formula is C15H16N2O7. The molecule has 24 heavy (non-hydrogen) atoms. The van der Waals surface area contributed by atoms with E-state index >= 15 is 0 Å². The van der Waals surface area contributed by atoms with Crippen LogP contribution in [0.1, 0.15) is 5.56 Å². The third-order valence-corrected chi connectivity index (χ3v) is 3.30. The highest BCUT2D eigenvalue weighted by Crippen LogP contribution is 2.36. The van der Waals surface area contributed by atoms with Crippen molar-refractivity contribution in [1.82, 2.24) is 10.2 Å². The number of benzene rings is 1. The molecular weight excluding hydrogens is 320 g/mol. The summed E-state index contributed by atoms with van der Waals surface area (Å²) in [6.07, 6.45) is 1.36. The van der Waals surface area contributed by atoms with Gasteiger partial charge in [-0.2, -0.15) is 0 Å². The molecule has 1 aromatic carbocycles. The van der Waals surface area contributed by atoms with Crippen LogP contribution in [0.5, 0.6) is 17.2 Å². The van der Waals surface area contributed by atoms with E-state index in [1.54, 1.807) is 12.1 Å². The Hall–Kier alpha value is -3.23. The monoisotopic (exact) mass is 336 g/mol. The van der Waals surface area contributed by atoms with Crippen LogP contribution in [0, 0.1) is 0 Å². The lowest BCUT2D eigenvalue weighted by Gasteiger charge is -2.13. The van der Waals surface area contributed by atoms with Crippen molar-refractivity contribution in [2.75, 3.05) is 27.9 Å². The maximum atomic E-state index is 12.2. The predicted molar refractivity (Wildman–Crippen MR) is 82.0 cm³/mol. The Kier molecular flexibility index (Phi) is 4.93. The number of rotatable bonds is 6. The first-order valence-electron chi connectivity index (χ1n) is 6.77. The highest BCUT2D eigenvalue weighted by atomic mass is 16.5. The largest absolute Gasteiger partial charge is 0.496 e. The lowest BCUT2D eigenvalue weighted by atomic mass is 10.1. The number of hydrogen-bond acceptors (Lipinski definition) is 6. The molecule has 9 heteroatoms. The summed E-state index contributed by atoms with van der Waals surface area (Å²) in [5.74, 6) is -0.836. The molecule has 3 amide bonds. The highest BCUT2D eigenvalue weighted by molar-refractivity contribution is 6.15. The van der Waals surface area contributed by atoms with Gasteiger partial charge in [0.05, 0.1) is 26.9 Å². The van der Waals surface area contributed by atoms with Crippen LogP contribution in [-0.2, 0) is 9.59 Å². The van der Waals surface area contributed by atoms with E-state index in [4.69, 9.17) is 19.3 Å². The minimum absolute atomic E-state index is 0.0805. The molecule has 0 bridgehead atoms. The number of urea groups is 1. The van der Waals surface area contributed by atoms with E-state index in [0.29, 0.717) is 27.7 Å². The average molecular weight is 336 g/mol. The van der Waals surface area contributed by atoms with Crippen LogP contribution in [0.3, 0.4) is 0 Å². The molecule has 2 N–H and O–H groups in total. The zero-order valence-electron chi connectivity index (χ0n) is 13.3. The summed E-state index contributed by atoms with van der Waals surface area (Å²) in [4.78, 5) is 35.2. The summed E-state index contributed by atoms with van der Waals surface area (Å²) in [6, 6.07) is 2.37. The minimum Gasteiger partial charge on any atom is -0.496 e. The van der Waals surface area contributed by atoms with E-state index in [1.165, 1.54) is 27.4 Å². The lowest BCUT2D eigenvalue weighted by Crippen LogP contribution is -2.35. The number of nitrogens with one attached hydrogen (secondary N) is 1. The smallest absolute Gasteiger partial charge is 0.329 e. The zero-order valence-corrected chi connectivity index (χ0v) is 13.3. The zero-order chi connectivity index (χ0) is 17.9. The maximum Gasteiger partial charge on any atom is 0.329 e. The normalized spacial score (nSPS) is 15.5. The molecule has 2 rings (SSSR count). The second kappa shape index (κ2) is 6.90. The van der Waals surface area contributed by atoms with Gasteiger partial charge in [-0.05, 0) is 6.08 Å². The van der Waals surface area contributed by atoms with Crippen molar-refractivity contribution in [3.05, 3.63) is 23.4 Å². The summed E-state index contributed by atoms with van der Waals surface area (Å²) in [5, 5.41) is 11.1. The summed E-state index contributed by atoms with van der Waals surface area (Å²) in [7, 11) is 4.35. The van der Waals surface area contributed by atoms with E-state index in [9.17, 15) is 14.4 Å². The van der Waals surface area contributed by atoms with Gasteiger partial charge >= 0.3 is 12.0 Å². The number of aliphatic carboxylic acids is 1. The van der Waals surface area contributed by atoms with Crippen LogP contribution in [0.4, 0.5) is 4.79 Å². The number of carboxylic acid groups (broad SMARTS) is 1. The predicted octanol–water partition coefficient (Wildman–Crippen LogP) is 0.690. The molecule has 0 atom stereocenters. The summed E-state index contributed by atoms with van der Waals surface area (Å²) in [5.41, 5.74) is 0.324. The van der Waals surface area contributed by atoms with E-state index in [2.05, 4.69) is 5.32 Å². The minimum atomic E-state index is -1.29. The van der Waals surface area contributed by atoms with E-state index in [1.807, 2.05) is 0 Å². The Labute approximate surface area is 137 Å². The Bertz CT molecular complexity index is 702. The van der Waals surface area contributed by atoms with Crippen molar-refractivity contribution >= 4 is 24.0 Å². The second-order valence-corrected chi connectivity index (χ2v) is 4.72. The van der Waals surface area contributed by atoms with Crippen LogP contribution in [0.2, 0.25) is 0 Å². The molecule has 1 aromatic rings. The van der Waals surface area contributed by atoms with Crippen LogP contribution < -0.4 is 19.5 Å². The van der Waals surface area contributed by atoms with E-state index in [-0.39, 0.29) is 5.70 Å². The Balaban J connectivity index is 2.46. The van der Waals surface area contributed by atoms with E-state index < -0.39 is 24.5 Å². The molecule has 1 heterocycles.